The molecule has 1 aliphatic heterocycles. The van der Waals surface area contributed by atoms with Gasteiger partial charge in [-0.1, -0.05) is 34.8 Å². The molecule has 6 nitrogen and oxygen atoms in total. The lowest BCUT2D eigenvalue weighted by atomic mass is 10.1. The van der Waals surface area contributed by atoms with Gasteiger partial charge in [0.1, 0.15) is 0 Å². The molecule has 0 bridgehead atoms. The Kier molecular flexibility index (Phi) is 5.75. The molecular formula is C8H13Cl3N4O2. The van der Waals surface area contributed by atoms with Crippen LogP contribution in [0, 0.1) is 0 Å². The van der Waals surface area contributed by atoms with Crippen molar-refractivity contribution in [3.63, 3.8) is 0 Å². The van der Waals surface area contributed by atoms with Gasteiger partial charge in [-0.25, -0.2) is 10.0 Å². The molecule has 2 amide bonds. The monoisotopic (exact) mass is 302 g/mol. The van der Waals surface area contributed by atoms with E-state index in [1.807, 2.05) is 0 Å². The lowest BCUT2D eigenvalue weighted by Gasteiger charge is -2.40. The van der Waals surface area contributed by atoms with Crippen LogP contribution in [0.2, 0.25) is 0 Å². The third kappa shape index (κ3) is 5.27. The Balaban J connectivity index is 2.61. The zero-order valence-electron chi connectivity index (χ0n) is 8.91. The fourth-order valence-corrected chi connectivity index (χ4v) is 2.26. The molecule has 0 aromatic rings. The molecule has 0 aromatic heterocycles. The van der Waals surface area contributed by atoms with Gasteiger partial charge in [0, 0.05) is 32.1 Å². The number of carbonyl (C=O) groups is 2. The highest BCUT2D eigenvalue weighted by Gasteiger charge is 2.33. The molecule has 98 valence electrons. The molecule has 1 heterocycles. The molecule has 1 rings (SSSR count). The second-order valence-electron chi connectivity index (χ2n) is 3.61. The van der Waals surface area contributed by atoms with Crippen molar-refractivity contribution >= 4 is 47.6 Å². The number of carbonyl (C=O) groups excluding carboxylic acids is 2. The average Bonchev–Trinajstić information content (AvgIpc) is 2.20. The number of hydrazine groups is 2. The van der Waals surface area contributed by atoms with Crippen molar-refractivity contribution in [2.45, 2.75) is 16.3 Å². The summed E-state index contributed by atoms with van der Waals surface area (Å²) in [5.41, 5.74) is 5.10. The molecule has 1 aliphatic rings. The Morgan fingerprint density at radius 3 is 2.35 bits per heavy atom. The number of amides is 2. The van der Waals surface area contributed by atoms with Gasteiger partial charge in [-0.2, -0.15) is 0 Å². The second-order valence-corrected chi connectivity index (χ2v) is 6.12. The topological polar surface area (TPSA) is 64.7 Å². The third-order valence-electron chi connectivity index (χ3n) is 2.40. The van der Waals surface area contributed by atoms with E-state index >= 15 is 0 Å². The van der Waals surface area contributed by atoms with Crippen molar-refractivity contribution < 1.29 is 9.59 Å². The van der Waals surface area contributed by atoms with Crippen molar-refractivity contribution in [1.29, 1.82) is 0 Å². The number of nitrogens with one attached hydrogen (secondary N) is 2. The molecular weight excluding hydrogens is 290 g/mol. The average molecular weight is 304 g/mol. The van der Waals surface area contributed by atoms with Gasteiger partial charge in [0.05, 0.1) is 0 Å². The molecule has 1 fully saturated rings. The van der Waals surface area contributed by atoms with Gasteiger partial charge in [0.2, 0.25) is 12.8 Å². The summed E-state index contributed by atoms with van der Waals surface area (Å²) in [5, 5.41) is 3.40. The van der Waals surface area contributed by atoms with Gasteiger partial charge in [0.25, 0.3) is 0 Å². The van der Waals surface area contributed by atoms with Crippen LogP contribution < -0.4 is 10.9 Å². The van der Waals surface area contributed by atoms with E-state index in [-0.39, 0.29) is 12.5 Å². The third-order valence-corrected chi connectivity index (χ3v) is 2.87. The zero-order valence-corrected chi connectivity index (χ0v) is 11.2. The quantitative estimate of drug-likeness (QED) is 0.557. The number of rotatable bonds is 5. The maximum atomic E-state index is 10.5. The summed E-state index contributed by atoms with van der Waals surface area (Å²) in [6.07, 6.45) is 1.42. The molecule has 0 radical (unpaired) electrons. The zero-order chi connectivity index (χ0) is 12.9. The number of hydrogen-bond donors (Lipinski definition) is 2. The molecule has 17 heavy (non-hydrogen) atoms. The Morgan fingerprint density at radius 2 is 1.82 bits per heavy atom. The highest BCUT2D eigenvalue weighted by Crippen LogP contribution is 2.33. The molecule has 2 N–H and O–H groups in total. The number of nitrogens with zero attached hydrogens (tertiary/aromatic N) is 2. The number of hydrogen-bond acceptors (Lipinski definition) is 4. The molecule has 9 heteroatoms. The highest BCUT2D eigenvalue weighted by molar-refractivity contribution is 6.67. The van der Waals surface area contributed by atoms with Crippen molar-refractivity contribution in [2.24, 2.45) is 0 Å². The summed E-state index contributed by atoms with van der Waals surface area (Å²) in [6, 6.07) is -0.186. The minimum Gasteiger partial charge on any atom is -0.291 e. The van der Waals surface area contributed by atoms with Crippen LogP contribution in [0.3, 0.4) is 0 Å². The minimum absolute atomic E-state index is 0.186. The number of alkyl halides is 3. The molecule has 0 saturated carbocycles. The molecule has 1 atom stereocenters. The van der Waals surface area contributed by atoms with Crippen LogP contribution in [0.25, 0.3) is 0 Å². The van der Waals surface area contributed by atoms with Gasteiger partial charge in [-0.15, -0.1) is 0 Å². The van der Waals surface area contributed by atoms with Crippen molar-refractivity contribution in [1.82, 2.24) is 20.9 Å². The summed E-state index contributed by atoms with van der Waals surface area (Å²) in [5.74, 6) is 0. The normalized spacial score (nSPS) is 23.1. The lowest BCUT2D eigenvalue weighted by Crippen LogP contribution is -2.61. The maximum absolute atomic E-state index is 10.5. The SMILES string of the molecule is O=CNN1CCN(NC=O)C(CC(Cl)(Cl)Cl)C1. The van der Waals surface area contributed by atoms with Crippen LogP contribution in [0.15, 0.2) is 0 Å². The largest absolute Gasteiger partial charge is 0.291 e. The van der Waals surface area contributed by atoms with E-state index < -0.39 is 3.79 Å². The Morgan fingerprint density at radius 1 is 1.18 bits per heavy atom. The molecule has 0 aromatic carbocycles. The first-order chi connectivity index (χ1) is 7.96. The lowest BCUT2D eigenvalue weighted by molar-refractivity contribution is -0.120. The Hall–Kier alpha value is -0.270. The van der Waals surface area contributed by atoms with E-state index in [4.69, 9.17) is 34.8 Å². The Bertz CT molecular complexity index is 274. The van der Waals surface area contributed by atoms with E-state index in [9.17, 15) is 9.59 Å². The molecule has 0 spiro atoms. The first-order valence-corrected chi connectivity index (χ1v) is 6.07. The van der Waals surface area contributed by atoms with Crippen molar-refractivity contribution in [3.8, 4) is 0 Å². The van der Waals surface area contributed by atoms with Crippen LogP contribution in [0.4, 0.5) is 0 Å². The Labute approximate surface area is 114 Å². The van der Waals surface area contributed by atoms with Crippen LogP contribution in [0.1, 0.15) is 6.42 Å². The first kappa shape index (κ1) is 14.8. The van der Waals surface area contributed by atoms with Gasteiger partial charge >= 0.3 is 0 Å². The number of halogens is 3. The summed E-state index contributed by atoms with van der Waals surface area (Å²) in [4.78, 5) is 20.8. The number of piperazine rings is 1. The minimum atomic E-state index is -1.41. The van der Waals surface area contributed by atoms with E-state index in [0.29, 0.717) is 32.5 Å². The van der Waals surface area contributed by atoms with Crippen LogP contribution >= 0.6 is 34.8 Å². The molecule has 0 aliphatic carbocycles. The van der Waals surface area contributed by atoms with Gasteiger partial charge in [-0.3, -0.25) is 20.4 Å². The summed E-state index contributed by atoms with van der Waals surface area (Å²) in [6.45, 7) is 1.58. The van der Waals surface area contributed by atoms with E-state index in [1.165, 1.54) is 0 Å². The molecule has 1 unspecified atom stereocenters. The standard InChI is InChI=1S/C8H13Cl3N4O2/c9-8(10,11)3-7-4-14(12-5-16)1-2-15(7)13-6-17/h5-7H,1-4H2,(H,12,16)(H,13,17). The summed E-state index contributed by atoms with van der Waals surface area (Å²) >= 11 is 17.2. The van der Waals surface area contributed by atoms with Gasteiger partial charge in [-0.05, 0) is 0 Å². The van der Waals surface area contributed by atoms with E-state index in [0.717, 1.165) is 0 Å². The predicted molar refractivity (Wildman–Crippen MR) is 65.4 cm³/mol. The second kappa shape index (κ2) is 6.61. The van der Waals surface area contributed by atoms with E-state index in [2.05, 4.69) is 10.9 Å². The van der Waals surface area contributed by atoms with E-state index in [1.54, 1.807) is 10.0 Å². The first-order valence-electron chi connectivity index (χ1n) is 4.94. The van der Waals surface area contributed by atoms with Crippen molar-refractivity contribution in [2.75, 3.05) is 19.6 Å². The fourth-order valence-electron chi connectivity index (χ4n) is 1.73. The van der Waals surface area contributed by atoms with Crippen LogP contribution in [-0.4, -0.2) is 52.3 Å². The van der Waals surface area contributed by atoms with Crippen molar-refractivity contribution in [3.05, 3.63) is 0 Å². The van der Waals surface area contributed by atoms with Crippen LogP contribution in [0.5, 0.6) is 0 Å². The van der Waals surface area contributed by atoms with Gasteiger partial charge < -0.3 is 0 Å². The summed E-state index contributed by atoms with van der Waals surface area (Å²) < 4.78 is -1.41. The highest BCUT2D eigenvalue weighted by atomic mass is 35.6. The summed E-state index contributed by atoms with van der Waals surface area (Å²) in [7, 11) is 0. The van der Waals surface area contributed by atoms with Crippen LogP contribution in [-0.2, 0) is 9.59 Å². The van der Waals surface area contributed by atoms with Gasteiger partial charge in [0.15, 0.2) is 3.79 Å². The maximum Gasteiger partial charge on any atom is 0.221 e. The molecule has 1 saturated heterocycles. The predicted octanol–water partition coefficient (Wildman–Crippen LogP) is 0.0549. The fraction of sp³-hybridized carbons (Fsp3) is 0.750. The smallest absolute Gasteiger partial charge is 0.221 e.